The van der Waals surface area contributed by atoms with Crippen molar-refractivity contribution in [2.75, 3.05) is 26.4 Å². The predicted octanol–water partition coefficient (Wildman–Crippen LogP) is 4.26. The van der Waals surface area contributed by atoms with Gasteiger partial charge in [0.1, 0.15) is 13.2 Å². The van der Waals surface area contributed by atoms with Crippen molar-refractivity contribution in [1.82, 2.24) is 0 Å². The third kappa shape index (κ3) is 23.1. The van der Waals surface area contributed by atoms with Gasteiger partial charge in [-0.25, -0.2) is 19.2 Å². The largest absolute Gasteiger partial charge is 0.463 e. The van der Waals surface area contributed by atoms with Gasteiger partial charge in [-0.05, 0) is 41.0 Å². The topological polar surface area (TPSA) is 105 Å². The summed E-state index contributed by atoms with van der Waals surface area (Å²) in [6.45, 7) is 24.8. The zero-order valence-electron chi connectivity index (χ0n) is 20.3. The SMILES string of the molecule is C=C(C)C(=O)OCC.C=C(C)C(=O)OCCCC.C=C(C)C(=O)OCCOC(=O)C(=C)C. The molecule has 32 heavy (non-hydrogen) atoms. The maximum atomic E-state index is 10.8. The highest BCUT2D eigenvalue weighted by Gasteiger charge is 2.05. The van der Waals surface area contributed by atoms with Gasteiger partial charge in [-0.1, -0.05) is 39.7 Å². The van der Waals surface area contributed by atoms with Gasteiger partial charge < -0.3 is 18.9 Å². The average Bonchev–Trinajstić information content (AvgIpc) is 2.71. The van der Waals surface area contributed by atoms with Crippen LogP contribution < -0.4 is 0 Å². The van der Waals surface area contributed by atoms with Gasteiger partial charge in [0.2, 0.25) is 0 Å². The number of carbonyl (C=O) groups excluding carboxylic acids is 4. The number of unbranched alkanes of at least 4 members (excludes halogenated alkanes) is 1. The van der Waals surface area contributed by atoms with Gasteiger partial charge in [0.05, 0.1) is 13.2 Å². The first-order chi connectivity index (χ1) is 14.8. The summed E-state index contributed by atoms with van der Waals surface area (Å²) < 4.78 is 18.7. The highest BCUT2D eigenvalue weighted by molar-refractivity contribution is 5.88. The minimum Gasteiger partial charge on any atom is -0.463 e. The molecule has 0 aromatic heterocycles. The molecule has 0 aromatic rings. The molecule has 0 spiro atoms. The number of rotatable bonds is 11. The maximum Gasteiger partial charge on any atom is 0.333 e. The van der Waals surface area contributed by atoms with Crippen molar-refractivity contribution in [3.8, 4) is 0 Å². The fourth-order valence-corrected chi connectivity index (χ4v) is 1.20. The second kappa shape index (κ2) is 21.1. The molecule has 0 unspecified atom stereocenters. The summed E-state index contributed by atoms with van der Waals surface area (Å²) in [5.74, 6) is -1.58. The van der Waals surface area contributed by atoms with E-state index in [1.807, 2.05) is 0 Å². The van der Waals surface area contributed by atoms with Crippen molar-refractivity contribution in [2.24, 2.45) is 0 Å². The summed E-state index contributed by atoms with van der Waals surface area (Å²) >= 11 is 0. The van der Waals surface area contributed by atoms with E-state index in [1.54, 1.807) is 34.6 Å². The van der Waals surface area contributed by atoms with Crippen LogP contribution in [-0.2, 0) is 38.1 Å². The number of hydrogen-bond acceptors (Lipinski definition) is 8. The molecule has 0 rings (SSSR count). The summed E-state index contributed by atoms with van der Waals surface area (Å²) in [6.07, 6.45) is 1.97. The molecule has 0 atom stereocenters. The van der Waals surface area contributed by atoms with Crippen LogP contribution in [0, 0.1) is 0 Å². The van der Waals surface area contributed by atoms with E-state index >= 15 is 0 Å². The molecular formula is C24H38O8. The fourth-order valence-electron chi connectivity index (χ4n) is 1.20. The molecule has 0 aliphatic heterocycles. The van der Waals surface area contributed by atoms with Crippen LogP contribution in [0.4, 0.5) is 0 Å². The van der Waals surface area contributed by atoms with Crippen LogP contribution in [0.15, 0.2) is 48.6 Å². The number of hydrogen-bond donors (Lipinski definition) is 0. The lowest BCUT2D eigenvalue weighted by atomic mass is 10.3. The Labute approximate surface area is 191 Å². The molecule has 0 aliphatic rings. The first kappa shape index (κ1) is 33.5. The molecule has 8 heteroatoms. The summed E-state index contributed by atoms with van der Waals surface area (Å²) in [5.41, 5.74) is 1.55. The molecule has 0 aromatic carbocycles. The van der Waals surface area contributed by atoms with Crippen LogP contribution in [-0.4, -0.2) is 50.3 Å². The average molecular weight is 455 g/mol. The number of ether oxygens (including phenoxy) is 4. The Morgan fingerprint density at radius 2 is 0.812 bits per heavy atom. The molecule has 182 valence electrons. The Morgan fingerprint density at radius 3 is 1.03 bits per heavy atom. The van der Waals surface area contributed by atoms with E-state index in [0.29, 0.717) is 35.5 Å². The second-order valence-electron chi connectivity index (χ2n) is 6.60. The Balaban J connectivity index is -0.000000413. The highest BCUT2D eigenvalue weighted by atomic mass is 16.6. The molecule has 0 radical (unpaired) electrons. The summed E-state index contributed by atoms with van der Waals surface area (Å²) in [4.78, 5) is 42.8. The standard InChI is InChI=1S/C10H14O4.C8H14O2.C6H10O2/c1-7(2)9(11)13-5-6-14-10(12)8(3)4;1-4-5-6-10-8(9)7(2)3;1-4-8-6(7)5(2)3/h1,3,5-6H2,2,4H3;2,4-6H2,1,3H3;2,4H2,1,3H3. The van der Waals surface area contributed by atoms with Crippen molar-refractivity contribution < 1.29 is 38.1 Å². The van der Waals surface area contributed by atoms with Crippen LogP contribution in [0.5, 0.6) is 0 Å². The van der Waals surface area contributed by atoms with Gasteiger partial charge in [-0.15, -0.1) is 0 Å². The lowest BCUT2D eigenvalue weighted by molar-refractivity contribution is -0.147. The van der Waals surface area contributed by atoms with E-state index in [2.05, 4.69) is 47.5 Å². The summed E-state index contributed by atoms with van der Waals surface area (Å²) in [5, 5.41) is 0. The van der Waals surface area contributed by atoms with E-state index in [0.717, 1.165) is 12.8 Å². The first-order valence-corrected chi connectivity index (χ1v) is 10.1. The molecule has 0 saturated heterocycles. The minimum atomic E-state index is -0.489. The van der Waals surface area contributed by atoms with Crippen LogP contribution in [0.2, 0.25) is 0 Å². The van der Waals surface area contributed by atoms with Gasteiger partial charge in [0.25, 0.3) is 0 Å². The van der Waals surface area contributed by atoms with Gasteiger partial charge in [0, 0.05) is 22.3 Å². The predicted molar refractivity (Wildman–Crippen MR) is 124 cm³/mol. The molecular weight excluding hydrogens is 416 g/mol. The zero-order valence-corrected chi connectivity index (χ0v) is 20.3. The first-order valence-electron chi connectivity index (χ1n) is 10.1. The van der Waals surface area contributed by atoms with Crippen molar-refractivity contribution in [2.45, 2.75) is 54.4 Å². The Morgan fingerprint density at radius 1 is 0.531 bits per heavy atom. The lowest BCUT2D eigenvalue weighted by Gasteiger charge is -2.05. The Kier molecular flexibility index (Phi) is 22.1. The maximum absolute atomic E-state index is 10.8. The van der Waals surface area contributed by atoms with Gasteiger partial charge >= 0.3 is 23.9 Å². The van der Waals surface area contributed by atoms with Crippen molar-refractivity contribution in [1.29, 1.82) is 0 Å². The van der Waals surface area contributed by atoms with E-state index in [1.165, 1.54) is 0 Å². The van der Waals surface area contributed by atoms with E-state index in [9.17, 15) is 19.2 Å². The van der Waals surface area contributed by atoms with E-state index < -0.39 is 11.9 Å². The fraction of sp³-hybridized carbons (Fsp3) is 0.500. The molecule has 0 aliphatic carbocycles. The van der Waals surface area contributed by atoms with Crippen LogP contribution in [0.25, 0.3) is 0 Å². The third-order valence-corrected chi connectivity index (χ3v) is 2.95. The van der Waals surface area contributed by atoms with Gasteiger partial charge in [0.15, 0.2) is 0 Å². The summed E-state index contributed by atoms with van der Waals surface area (Å²) in [7, 11) is 0. The quantitative estimate of drug-likeness (QED) is 0.197. The minimum absolute atomic E-state index is 0.0325. The number of carbonyl (C=O) groups is 4. The molecule has 0 amide bonds. The monoisotopic (exact) mass is 454 g/mol. The molecule has 0 bridgehead atoms. The highest BCUT2D eigenvalue weighted by Crippen LogP contribution is 1.95. The van der Waals surface area contributed by atoms with Crippen LogP contribution in [0.3, 0.4) is 0 Å². The molecule has 0 saturated carbocycles. The third-order valence-electron chi connectivity index (χ3n) is 2.95. The molecule has 0 heterocycles. The van der Waals surface area contributed by atoms with Crippen molar-refractivity contribution in [3.63, 3.8) is 0 Å². The second-order valence-corrected chi connectivity index (χ2v) is 6.60. The Hall–Kier alpha value is -3.16. The smallest absolute Gasteiger partial charge is 0.333 e. The van der Waals surface area contributed by atoms with E-state index in [4.69, 9.17) is 4.74 Å². The molecule has 0 fully saturated rings. The lowest BCUT2D eigenvalue weighted by Crippen LogP contribution is -2.14. The zero-order chi connectivity index (χ0) is 25.7. The molecule has 0 N–H and O–H groups in total. The summed E-state index contributed by atoms with van der Waals surface area (Å²) in [6, 6.07) is 0. The van der Waals surface area contributed by atoms with Crippen LogP contribution >= 0.6 is 0 Å². The van der Waals surface area contributed by atoms with Gasteiger partial charge in [-0.2, -0.15) is 0 Å². The number of esters is 4. The van der Waals surface area contributed by atoms with E-state index in [-0.39, 0.29) is 25.2 Å². The van der Waals surface area contributed by atoms with Crippen molar-refractivity contribution >= 4 is 23.9 Å². The van der Waals surface area contributed by atoms with Gasteiger partial charge in [-0.3, -0.25) is 0 Å². The van der Waals surface area contributed by atoms with Crippen LogP contribution in [0.1, 0.15) is 54.4 Å². The Bertz CT molecular complexity index is 645. The van der Waals surface area contributed by atoms with Crippen molar-refractivity contribution in [3.05, 3.63) is 48.6 Å². The normalized spacial score (nSPS) is 8.81. The molecule has 8 nitrogen and oxygen atoms in total.